The number of halogens is 1. The molecule has 0 amide bonds. The lowest BCUT2D eigenvalue weighted by molar-refractivity contribution is 0.102. The maximum absolute atomic E-state index is 12.7. The van der Waals surface area contributed by atoms with Crippen LogP contribution in [0.15, 0.2) is 36.4 Å². The average Bonchev–Trinajstić information content (AvgIpc) is 2.33. The number of rotatable bonds is 3. The SMILES string of the molecule is OC(Cc1ccc(F)cc1)C1CC=CCC1. The van der Waals surface area contributed by atoms with Crippen LogP contribution in [0.25, 0.3) is 0 Å². The standard InChI is InChI=1S/C14H17FO/c15-13-8-6-11(7-9-13)10-14(16)12-4-2-1-3-5-12/h1-2,6-9,12,14,16H,3-5,10H2. The van der Waals surface area contributed by atoms with Crippen molar-refractivity contribution < 1.29 is 9.50 Å². The number of allylic oxidation sites excluding steroid dienone is 2. The molecule has 1 aromatic carbocycles. The fourth-order valence-corrected chi connectivity index (χ4v) is 2.20. The van der Waals surface area contributed by atoms with E-state index >= 15 is 0 Å². The first-order valence-corrected chi connectivity index (χ1v) is 5.83. The fraction of sp³-hybridized carbons (Fsp3) is 0.429. The molecule has 0 saturated heterocycles. The van der Waals surface area contributed by atoms with Crippen LogP contribution in [-0.4, -0.2) is 11.2 Å². The molecule has 2 atom stereocenters. The summed E-state index contributed by atoms with van der Waals surface area (Å²) in [5.74, 6) is 0.133. The van der Waals surface area contributed by atoms with E-state index in [9.17, 15) is 9.50 Å². The van der Waals surface area contributed by atoms with Gasteiger partial charge in [0.05, 0.1) is 6.10 Å². The van der Waals surface area contributed by atoms with Gasteiger partial charge in [0, 0.05) is 0 Å². The molecule has 16 heavy (non-hydrogen) atoms. The van der Waals surface area contributed by atoms with Crippen molar-refractivity contribution in [2.75, 3.05) is 0 Å². The molecule has 0 aliphatic heterocycles. The highest BCUT2D eigenvalue weighted by atomic mass is 19.1. The van der Waals surface area contributed by atoms with E-state index in [2.05, 4.69) is 12.2 Å². The predicted molar refractivity (Wildman–Crippen MR) is 62.6 cm³/mol. The molecule has 0 fully saturated rings. The minimum absolute atomic E-state index is 0.223. The van der Waals surface area contributed by atoms with Crippen molar-refractivity contribution in [3.8, 4) is 0 Å². The van der Waals surface area contributed by atoms with Gasteiger partial charge in [-0.15, -0.1) is 0 Å². The molecule has 2 rings (SSSR count). The lowest BCUT2D eigenvalue weighted by Crippen LogP contribution is -2.23. The van der Waals surface area contributed by atoms with Gasteiger partial charge in [-0.05, 0) is 49.3 Å². The van der Waals surface area contributed by atoms with Gasteiger partial charge in [-0.3, -0.25) is 0 Å². The van der Waals surface area contributed by atoms with Crippen LogP contribution in [-0.2, 0) is 6.42 Å². The van der Waals surface area contributed by atoms with Gasteiger partial charge >= 0.3 is 0 Å². The summed E-state index contributed by atoms with van der Waals surface area (Å²) in [5, 5.41) is 10.1. The smallest absolute Gasteiger partial charge is 0.123 e. The van der Waals surface area contributed by atoms with Crippen molar-refractivity contribution in [2.24, 2.45) is 5.92 Å². The summed E-state index contributed by atoms with van der Waals surface area (Å²) in [5.41, 5.74) is 1.00. The molecule has 0 spiro atoms. The Morgan fingerprint density at radius 1 is 1.25 bits per heavy atom. The summed E-state index contributed by atoms with van der Waals surface area (Å²) in [4.78, 5) is 0. The highest BCUT2D eigenvalue weighted by Crippen LogP contribution is 2.23. The third-order valence-electron chi connectivity index (χ3n) is 3.21. The highest BCUT2D eigenvalue weighted by molar-refractivity contribution is 5.17. The number of hydrogen-bond donors (Lipinski definition) is 1. The molecule has 0 bridgehead atoms. The lowest BCUT2D eigenvalue weighted by Gasteiger charge is -2.23. The molecule has 1 N–H and O–H groups in total. The van der Waals surface area contributed by atoms with Crippen LogP contribution in [0.3, 0.4) is 0 Å². The summed E-state index contributed by atoms with van der Waals surface area (Å²) < 4.78 is 12.7. The molecular weight excluding hydrogens is 203 g/mol. The minimum Gasteiger partial charge on any atom is -0.392 e. The second kappa shape index (κ2) is 5.26. The maximum atomic E-state index is 12.7. The third kappa shape index (κ3) is 2.92. The zero-order chi connectivity index (χ0) is 11.4. The van der Waals surface area contributed by atoms with E-state index in [1.54, 1.807) is 12.1 Å². The second-order valence-electron chi connectivity index (χ2n) is 4.44. The van der Waals surface area contributed by atoms with E-state index in [1.807, 2.05) is 0 Å². The second-order valence-corrected chi connectivity index (χ2v) is 4.44. The Kier molecular flexibility index (Phi) is 3.73. The molecule has 1 aromatic rings. The Bertz CT molecular complexity index is 356. The number of hydrogen-bond acceptors (Lipinski definition) is 1. The molecule has 0 heterocycles. The average molecular weight is 220 g/mol. The quantitative estimate of drug-likeness (QED) is 0.776. The van der Waals surface area contributed by atoms with Crippen molar-refractivity contribution in [3.05, 3.63) is 47.8 Å². The fourth-order valence-electron chi connectivity index (χ4n) is 2.20. The Labute approximate surface area is 95.6 Å². The molecule has 1 nitrogen and oxygen atoms in total. The van der Waals surface area contributed by atoms with Gasteiger partial charge in [0.1, 0.15) is 5.82 Å². The Morgan fingerprint density at radius 2 is 2.00 bits per heavy atom. The summed E-state index contributed by atoms with van der Waals surface area (Å²) in [6.45, 7) is 0. The van der Waals surface area contributed by atoms with Crippen LogP contribution in [0.4, 0.5) is 4.39 Å². The predicted octanol–water partition coefficient (Wildman–Crippen LogP) is 3.09. The normalized spacial score (nSPS) is 22.0. The van der Waals surface area contributed by atoms with E-state index in [1.165, 1.54) is 12.1 Å². The van der Waals surface area contributed by atoms with Crippen molar-refractivity contribution in [3.63, 3.8) is 0 Å². The first kappa shape index (κ1) is 11.3. The Morgan fingerprint density at radius 3 is 2.62 bits per heavy atom. The first-order chi connectivity index (χ1) is 7.75. The van der Waals surface area contributed by atoms with E-state index in [0.29, 0.717) is 12.3 Å². The van der Waals surface area contributed by atoms with Gasteiger partial charge in [-0.25, -0.2) is 4.39 Å². The van der Waals surface area contributed by atoms with Crippen molar-refractivity contribution in [1.29, 1.82) is 0 Å². The first-order valence-electron chi connectivity index (χ1n) is 5.83. The molecule has 2 unspecified atom stereocenters. The third-order valence-corrected chi connectivity index (χ3v) is 3.21. The van der Waals surface area contributed by atoms with Crippen LogP contribution < -0.4 is 0 Å². The Balaban J connectivity index is 1.93. The molecule has 1 aliphatic carbocycles. The van der Waals surface area contributed by atoms with Gasteiger partial charge in [-0.1, -0.05) is 24.3 Å². The zero-order valence-electron chi connectivity index (χ0n) is 9.27. The van der Waals surface area contributed by atoms with Gasteiger partial charge in [-0.2, -0.15) is 0 Å². The molecule has 1 aliphatic rings. The van der Waals surface area contributed by atoms with Crippen LogP contribution in [0.5, 0.6) is 0 Å². The van der Waals surface area contributed by atoms with Gasteiger partial charge in [0.25, 0.3) is 0 Å². The number of benzene rings is 1. The van der Waals surface area contributed by atoms with Gasteiger partial charge in [0.15, 0.2) is 0 Å². The topological polar surface area (TPSA) is 20.2 Å². The van der Waals surface area contributed by atoms with Crippen LogP contribution in [0.2, 0.25) is 0 Å². The molecule has 2 heteroatoms. The monoisotopic (exact) mass is 220 g/mol. The number of aliphatic hydroxyl groups is 1. The van der Waals surface area contributed by atoms with E-state index in [0.717, 1.165) is 24.8 Å². The summed E-state index contributed by atoms with van der Waals surface area (Å²) in [6.07, 6.45) is 7.70. The molecule has 0 radical (unpaired) electrons. The van der Waals surface area contributed by atoms with Crippen LogP contribution in [0, 0.1) is 11.7 Å². The maximum Gasteiger partial charge on any atom is 0.123 e. The van der Waals surface area contributed by atoms with Crippen molar-refractivity contribution >= 4 is 0 Å². The molecule has 0 aromatic heterocycles. The highest BCUT2D eigenvalue weighted by Gasteiger charge is 2.19. The summed E-state index contributed by atoms with van der Waals surface area (Å²) >= 11 is 0. The summed E-state index contributed by atoms with van der Waals surface area (Å²) in [6, 6.07) is 6.39. The van der Waals surface area contributed by atoms with Crippen molar-refractivity contribution in [1.82, 2.24) is 0 Å². The van der Waals surface area contributed by atoms with E-state index in [4.69, 9.17) is 0 Å². The Hall–Kier alpha value is -1.15. The number of aliphatic hydroxyl groups excluding tert-OH is 1. The van der Waals surface area contributed by atoms with E-state index in [-0.39, 0.29) is 11.9 Å². The lowest BCUT2D eigenvalue weighted by atomic mass is 9.86. The molecular formula is C14H17FO. The summed E-state index contributed by atoms with van der Waals surface area (Å²) in [7, 11) is 0. The minimum atomic E-state index is -0.310. The van der Waals surface area contributed by atoms with Gasteiger partial charge < -0.3 is 5.11 Å². The molecule has 0 saturated carbocycles. The van der Waals surface area contributed by atoms with Crippen molar-refractivity contribution in [2.45, 2.75) is 31.8 Å². The zero-order valence-corrected chi connectivity index (χ0v) is 9.27. The van der Waals surface area contributed by atoms with E-state index < -0.39 is 0 Å². The van der Waals surface area contributed by atoms with Crippen LogP contribution >= 0.6 is 0 Å². The van der Waals surface area contributed by atoms with Gasteiger partial charge in [0.2, 0.25) is 0 Å². The van der Waals surface area contributed by atoms with Crippen LogP contribution in [0.1, 0.15) is 24.8 Å². The molecule has 86 valence electrons. The largest absolute Gasteiger partial charge is 0.392 e.